The van der Waals surface area contributed by atoms with Crippen molar-refractivity contribution in [2.45, 2.75) is 33.1 Å². The molecule has 0 amide bonds. The van der Waals surface area contributed by atoms with E-state index in [9.17, 15) is 5.11 Å². The van der Waals surface area contributed by atoms with Crippen LogP contribution in [0.25, 0.3) is 0 Å². The molecule has 3 heteroatoms. The van der Waals surface area contributed by atoms with Gasteiger partial charge < -0.3 is 5.11 Å². The molecule has 1 N–H and O–H groups in total. The van der Waals surface area contributed by atoms with Gasteiger partial charge in [-0.15, -0.1) is 0 Å². The SMILES string of the molecule is CCC[C@@H]1C(CO)=C(C)CC1(C#N)C#N. The fourth-order valence-electron chi connectivity index (χ4n) is 2.46. The van der Waals surface area contributed by atoms with Gasteiger partial charge in [0, 0.05) is 12.3 Å². The van der Waals surface area contributed by atoms with Crippen molar-refractivity contribution in [3.63, 3.8) is 0 Å². The molecule has 0 heterocycles. The number of rotatable bonds is 3. The molecule has 1 rings (SSSR count). The molecule has 1 aliphatic carbocycles. The minimum absolute atomic E-state index is 0.0262. The maximum absolute atomic E-state index is 9.28. The van der Waals surface area contributed by atoms with Crippen molar-refractivity contribution in [2.24, 2.45) is 11.3 Å². The third-order valence-corrected chi connectivity index (χ3v) is 3.25. The molecule has 0 radical (unpaired) electrons. The fourth-order valence-corrected chi connectivity index (χ4v) is 2.46. The van der Waals surface area contributed by atoms with Crippen molar-refractivity contribution in [3.05, 3.63) is 11.1 Å². The highest BCUT2D eigenvalue weighted by Crippen LogP contribution is 2.48. The first kappa shape index (κ1) is 11.8. The Bertz CT molecular complexity index is 343. The number of hydrogen-bond acceptors (Lipinski definition) is 3. The molecule has 0 saturated carbocycles. The van der Waals surface area contributed by atoms with Crippen LogP contribution in [0.3, 0.4) is 0 Å². The zero-order valence-electron chi connectivity index (χ0n) is 9.25. The topological polar surface area (TPSA) is 67.8 Å². The number of aliphatic hydroxyl groups excluding tert-OH is 1. The van der Waals surface area contributed by atoms with Gasteiger partial charge in [-0.1, -0.05) is 18.9 Å². The molecule has 0 aromatic heterocycles. The lowest BCUT2D eigenvalue weighted by molar-refractivity contribution is 0.287. The van der Waals surface area contributed by atoms with E-state index in [1.807, 2.05) is 13.8 Å². The first-order valence-electron chi connectivity index (χ1n) is 5.27. The largest absolute Gasteiger partial charge is 0.392 e. The number of nitriles is 2. The van der Waals surface area contributed by atoms with E-state index in [4.69, 9.17) is 10.5 Å². The lowest BCUT2D eigenvalue weighted by Gasteiger charge is -2.23. The van der Waals surface area contributed by atoms with E-state index < -0.39 is 5.41 Å². The van der Waals surface area contributed by atoms with E-state index in [0.29, 0.717) is 6.42 Å². The molecule has 0 aromatic carbocycles. The molecule has 0 aliphatic heterocycles. The lowest BCUT2D eigenvalue weighted by atomic mass is 9.75. The number of allylic oxidation sites excluding steroid dienone is 1. The summed E-state index contributed by atoms with van der Waals surface area (Å²) >= 11 is 0. The summed E-state index contributed by atoms with van der Waals surface area (Å²) in [6, 6.07) is 4.29. The van der Waals surface area contributed by atoms with Crippen molar-refractivity contribution in [2.75, 3.05) is 6.61 Å². The third kappa shape index (κ3) is 1.76. The van der Waals surface area contributed by atoms with Gasteiger partial charge in [0.05, 0.1) is 18.7 Å². The minimum Gasteiger partial charge on any atom is -0.392 e. The Balaban J connectivity index is 3.10. The number of nitrogens with zero attached hydrogens (tertiary/aromatic N) is 2. The zero-order chi connectivity index (χ0) is 11.5. The summed E-state index contributed by atoms with van der Waals surface area (Å²) in [6.45, 7) is 3.91. The van der Waals surface area contributed by atoms with Gasteiger partial charge in [-0.05, 0) is 18.9 Å². The van der Waals surface area contributed by atoms with Gasteiger partial charge >= 0.3 is 0 Å². The van der Waals surface area contributed by atoms with Crippen molar-refractivity contribution in [1.82, 2.24) is 0 Å². The second kappa shape index (κ2) is 4.47. The van der Waals surface area contributed by atoms with Crippen LogP contribution in [0.5, 0.6) is 0 Å². The van der Waals surface area contributed by atoms with E-state index in [2.05, 4.69) is 12.1 Å². The summed E-state index contributed by atoms with van der Waals surface area (Å²) in [5, 5.41) is 27.6. The maximum atomic E-state index is 9.28. The smallest absolute Gasteiger partial charge is 0.154 e. The Morgan fingerprint density at radius 1 is 1.47 bits per heavy atom. The summed E-state index contributed by atoms with van der Waals surface area (Å²) in [6.07, 6.45) is 2.21. The van der Waals surface area contributed by atoms with E-state index in [-0.39, 0.29) is 12.5 Å². The first-order chi connectivity index (χ1) is 7.15. The summed E-state index contributed by atoms with van der Waals surface area (Å²) in [7, 11) is 0. The molecule has 80 valence electrons. The van der Waals surface area contributed by atoms with E-state index in [0.717, 1.165) is 24.0 Å². The summed E-state index contributed by atoms with van der Waals surface area (Å²) in [4.78, 5) is 0. The van der Waals surface area contributed by atoms with Gasteiger partial charge in [0.1, 0.15) is 0 Å². The van der Waals surface area contributed by atoms with Crippen LogP contribution in [0, 0.1) is 34.0 Å². The molecule has 0 spiro atoms. The standard InChI is InChI=1S/C12H16N2O/c1-3-4-11-10(6-15)9(2)5-12(11,7-13)8-14/h11,15H,3-6H2,1-2H3/t11-/m1/s1. The minimum atomic E-state index is -0.932. The fraction of sp³-hybridized carbons (Fsp3) is 0.667. The van der Waals surface area contributed by atoms with Crippen LogP contribution < -0.4 is 0 Å². The quantitative estimate of drug-likeness (QED) is 0.716. The van der Waals surface area contributed by atoms with Crippen LogP contribution in [-0.4, -0.2) is 11.7 Å². The Morgan fingerprint density at radius 2 is 2.07 bits per heavy atom. The lowest BCUT2D eigenvalue weighted by Crippen LogP contribution is -2.25. The summed E-state index contributed by atoms with van der Waals surface area (Å²) < 4.78 is 0. The number of hydrogen-bond donors (Lipinski definition) is 1. The van der Waals surface area contributed by atoms with Crippen LogP contribution in [0.1, 0.15) is 33.1 Å². The maximum Gasteiger partial charge on any atom is 0.154 e. The van der Waals surface area contributed by atoms with Crippen LogP contribution in [-0.2, 0) is 0 Å². The monoisotopic (exact) mass is 204 g/mol. The molecular formula is C12H16N2O. The summed E-state index contributed by atoms with van der Waals surface area (Å²) in [5.74, 6) is -0.0810. The molecule has 0 bridgehead atoms. The van der Waals surface area contributed by atoms with Gasteiger partial charge in [0.15, 0.2) is 5.41 Å². The van der Waals surface area contributed by atoms with Gasteiger partial charge in [-0.25, -0.2) is 0 Å². The molecule has 0 fully saturated rings. The molecule has 1 aliphatic rings. The van der Waals surface area contributed by atoms with Crippen molar-refractivity contribution < 1.29 is 5.11 Å². The Hall–Kier alpha value is -1.32. The predicted molar refractivity (Wildman–Crippen MR) is 56.5 cm³/mol. The Morgan fingerprint density at radius 3 is 2.47 bits per heavy atom. The predicted octanol–water partition coefficient (Wildman–Crippen LogP) is 2.15. The van der Waals surface area contributed by atoms with E-state index >= 15 is 0 Å². The second-order valence-electron chi connectivity index (χ2n) is 4.18. The van der Waals surface area contributed by atoms with Gasteiger partial charge in [0.25, 0.3) is 0 Å². The average Bonchev–Trinajstić information content (AvgIpc) is 2.52. The van der Waals surface area contributed by atoms with Gasteiger partial charge in [-0.3, -0.25) is 0 Å². The number of aliphatic hydroxyl groups is 1. The second-order valence-corrected chi connectivity index (χ2v) is 4.18. The van der Waals surface area contributed by atoms with Crippen molar-refractivity contribution in [3.8, 4) is 12.1 Å². The van der Waals surface area contributed by atoms with Crippen LogP contribution in [0.15, 0.2) is 11.1 Å². The highest BCUT2D eigenvalue weighted by Gasteiger charge is 2.46. The molecule has 0 saturated heterocycles. The first-order valence-corrected chi connectivity index (χ1v) is 5.27. The molecule has 0 aromatic rings. The molecule has 1 atom stereocenters. The van der Waals surface area contributed by atoms with Crippen molar-refractivity contribution in [1.29, 1.82) is 10.5 Å². The molecule has 0 unspecified atom stereocenters. The molecular weight excluding hydrogens is 188 g/mol. The Labute approximate surface area is 90.6 Å². The molecule has 15 heavy (non-hydrogen) atoms. The normalized spacial score (nSPS) is 23.7. The molecule has 3 nitrogen and oxygen atoms in total. The summed E-state index contributed by atoms with van der Waals surface area (Å²) in [5.41, 5.74) is 0.983. The Kier molecular flexibility index (Phi) is 3.50. The average molecular weight is 204 g/mol. The van der Waals surface area contributed by atoms with Crippen molar-refractivity contribution >= 4 is 0 Å². The van der Waals surface area contributed by atoms with E-state index in [1.54, 1.807) is 0 Å². The zero-order valence-corrected chi connectivity index (χ0v) is 9.25. The van der Waals surface area contributed by atoms with Crippen LogP contribution in [0.2, 0.25) is 0 Å². The van der Waals surface area contributed by atoms with Crippen LogP contribution >= 0.6 is 0 Å². The highest BCUT2D eigenvalue weighted by atomic mass is 16.3. The third-order valence-electron chi connectivity index (χ3n) is 3.25. The highest BCUT2D eigenvalue weighted by molar-refractivity contribution is 5.37. The van der Waals surface area contributed by atoms with Gasteiger partial charge in [0.2, 0.25) is 0 Å². The van der Waals surface area contributed by atoms with Gasteiger partial charge in [-0.2, -0.15) is 10.5 Å². The van der Waals surface area contributed by atoms with Crippen LogP contribution in [0.4, 0.5) is 0 Å². The van der Waals surface area contributed by atoms with E-state index in [1.165, 1.54) is 0 Å².